The molecule has 2 rings (SSSR count). The molecule has 0 heterocycles. The number of nitrogens with one attached hydrogen (secondary N) is 1. The molecule has 110 valence electrons. The highest BCUT2D eigenvalue weighted by Gasteiger charge is 2.19. The molecule has 1 amide bonds. The van der Waals surface area contributed by atoms with Gasteiger partial charge in [0.05, 0.1) is 0 Å². The standard InChI is InChI=1S/C17H26N2O/c1-13(14-7-5-4-6-8-14)18-16-11-9-15(10-12-16)17(20)19(2)3/h9-14,18H,4-8H2,1-3H3. The van der Waals surface area contributed by atoms with E-state index >= 15 is 0 Å². The van der Waals surface area contributed by atoms with Crippen LogP contribution < -0.4 is 5.32 Å². The fourth-order valence-corrected chi connectivity index (χ4v) is 2.98. The number of benzene rings is 1. The highest BCUT2D eigenvalue weighted by atomic mass is 16.2. The van der Waals surface area contributed by atoms with Crippen molar-refractivity contribution < 1.29 is 4.79 Å². The summed E-state index contributed by atoms with van der Waals surface area (Å²) in [5, 5.41) is 3.58. The van der Waals surface area contributed by atoms with Crippen molar-refractivity contribution in [1.82, 2.24) is 4.90 Å². The van der Waals surface area contributed by atoms with E-state index in [0.717, 1.165) is 17.2 Å². The first kappa shape index (κ1) is 14.9. The lowest BCUT2D eigenvalue weighted by atomic mass is 9.84. The van der Waals surface area contributed by atoms with E-state index in [0.29, 0.717) is 6.04 Å². The van der Waals surface area contributed by atoms with Crippen molar-refractivity contribution in [2.75, 3.05) is 19.4 Å². The zero-order valence-corrected chi connectivity index (χ0v) is 12.9. The number of hydrogen-bond donors (Lipinski definition) is 1. The van der Waals surface area contributed by atoms with Gasteiger partial charge in [-0.1, -0.05) is 19.3 Å². The van der Waals surface area contributed by atoms with Crippen molar-refractivity contribution in [2.45, 2.75) is 45.1 Å². The third kappa shape index (κ3) is 3.75. The molecule has 1 fully saturated rings. The lowest BCUT2D eigenvalue weighted by Gasteiger charge is -2.29. The summed E-state index contributed by atoms with van der Waals surface area (Å²) in [5.41, 5.74) is 1.85. The van der Waals surface area contributed by atoms with Crippen LogP contribution in [-0.2, 0) is 0 Å². The predicted molar refractivity (Wildman–Crippen MR) is 84.1 cm³/mol. The second kappa shape index (κ2) is 6.78. The van der Waals surface area contributed by atoms with E-state index in [9.17, 15) is 4.79 Å². The van der Waals surface area contributed by atoms with Gasteiger partial charge in [-0.3, -0.25) is 4.79 Å². The maximum absolute atomic E-state index is 11.8. The average molecular weight is 274 g/mol. The molecule has 1 atom stereocenters. The van der Waals surface area contributed by atoms with Crippen molar-refractivity contribution in [2.24, 2.45) is 5.92 Å². The predicted octanol–water partition coefficient (Wildman–Crippen LogP) is 3.77. The number of hydrogen-bond acceptors (Lipinski definition) is 2. The van der Waals surface area contributed by atoms with Crippen molar-refractivity contribution in [1.29, 1.82) is 0 Å². The third-order valence-corrected chi connectivity index (χ3v) is 4.29. The van der Waals surface area contributed by atoms with Gasteiger partial charge in [-0.2, -0.15) is 0 Å². The van der Waals surface area contributed by atoms with Crippen LogP contribution in [0.5, 0.6) is 0 Å². The third-order valence-electron chi connectivity index (χ3n) is 4.29. The Kier molecular flexibility index (Phi) is 5.05. The first-order valence-electron chi connectivity index (χ1n) is 7.66. The molecule has 0 spiro atoms. The average Bonchev–Trinajstić information content (AvgIpc) is 2.48. The Morgan fingerprint density at radius 3 is 2.30 bits per heavy atom. The number of amides is 1. The smallest absolute Gasteiger partial charge is 0.253 e. The molecular formula is C17H26N2O. The molecule has 1 aliphatic rings. The van der Waals surface area contributed by atoms with Crippen LogP contribution in [-0.4, -0.2) is 30.9 Å². The molecule has 0 aliphatic heterocycles. The van der Waals surface area contributed by atoms with Crippen LogP contribution >= 0.6 is 0 Å². The van der Waals surface area contributed by atoms with Crippen LogP contribution in [0.4, 0.5) is 5.69 Å². The first-order chi connectivity index (χ1) is 9.58. The van der Waals surface area contributed by atoms with Gasteiger partial charge in [0.25, 0.3) is 5.91 Å². The summed E-state index contributed by atoms with van der Waals surface area (Å²) in [4.78, 5) is 13.4. The van der Waals surface area contributed by atoms with E-state index in [1.54, 1.807) is 19.0 Å². The SMILES string of the molecule is CC(Nc1ccc(C(=O)N(C)C)cc1)C1CCCCC1. The van der Waals surface area contributed by atoms with Crippen LogP contribution in [0.25, 0.3) is 0 Å². The highest BCUT2D eigenvalue weighted by Crippen LogP contribution is 2.28. The molecule has 0 aromatic heterocycles. The Labute approximate surface area is 122 Å². The zero-order chi connectivity index (χ0) is 14.5. The number of anilines is 1. The molecule has 1 unspecified atom stereocenters. The van der Waals surface area contributed by atoms with Gasteiger partial charge in [0.15, 0.2) is 0 Å². The number of nitrogens with zero attached hydrogens (tertiary/aromatic N) is 1. The largest absolute Gasteiger partial charge is 0.382 e. The molecule has 3 heteroatoms. The monoisotopic (exact) mass is 274 g/mol. The topological polar surface area (TPSA) is 32.3 Å². The Morgan fingerprint density at radius 1 is 1.15 bits per heavy atom. The van der Waals surface area contributed by atoms with E-state index in [1.165, 1.54) is 32.1 Å². The molecule has 1 saturated carbocycles. The lowest BCUT2D eigenvalue weighted by Crippen LogP contribution is -2.27. The van der Waals surface area contributed by atoms with Gasteiger partial charge >= 0.3 is 0 Å². The summed E-state index contributed by atoms with van der Waals surface area (Å²) in [5.74, 6) is 0.837. The summed E-state index contributed by atoms with van der Waals surface area (Å²) in [6, 6.07) is 8.33. The maximum Gasteiger partial charge on any atom is 0.253 e. The molecule has 1 aromatic rings. The Hall–Kier alpha value is -1.51. The fourth-order valence-electron chi connectivity index (χ4n) is 2.98. The first-order valence-corrected chi connectivity index (χ1v) is 7.66. The van der Waals surface area contributed by atoms with Gasteiger partial charge in [-0.25, -0.2) is 0 Å². The normalized spacial score (nSPS) is 17.6. The van der Waals surface area contributed by atoms with Crippen molar-refractivity contribution >= 4 is 11.6 Å². The second-order valence-electron chi connectivity index (χ2n) is 6.11. The van der Waals surface area contributed by atoms with Crippen LogP contribution in [0.2, 0.25) is 0 Å². The van der Waals surface area contributed by atoms with Crippen molar-refractivity contribution in [3.63, 3.8) is 0 Å². The molecule has 0 radical (unpaired) electrons. The number of rotatable bonds is 4. The van der Waals surface area contributed by atoms with E-state index in [4.69, 9.17) is 0 Å². The van der Waals surface area contributed by atoms with E-state index in [1.807, 2.05) is 24.3 Å². The van der Waals surface area contributed by atoms with Gasteiger partial charge in [-0.05, 0) is 49.9 Å². The van der Waals surface area contributed by atoms with Crippen LogP contribution in [0.3, 0.4) is 0 Å². The lowest BCUT2D eigenvalue weighted by molar-refractivity contribution is 0.0827. The second-order valence-corrected chi connectivity index (χ2v) is 6.11. The summed E-state index contributed by atoms with van der Waals surface area (Å²) in [6.45, 7) is 2.27. The van der Waals surface area contributed by atoms with Gasteiger partial charge < -0.3 is 10.2 Å². The quantitative estimate of drug-likeness (QED) is 0.906. The molecule has 1 aromatic carbocycles. The van der Waals surface area contributed by atoms with Gasteiger partial charge in [0.1, 0.15) is 0 Å². The van der Waals surface area contributed by atoms with Gasteiger partial charge in [0, 0.05) is 31.4 Å². The summed E-state index contributed by atoms with van der Waals surface area (Å²) in [7, 11) is 3.55. The van der Waals surface area contributed by atoms with E-state index in [-0.39, 0.29) is 5.91 Å². The van der Waals surface area contributed by atoms with Crippen LogP contribution in [0, 0.1) is 5.92 Å². The van der Waals surface area contributed by atoms with Crippen LogP contribution in [0.1, 0.15) is 49.4 Å². The minimum Gasteiger partial charge on any atom is -0.382 e. The Balaban J connectivity index is 1.94. The Morgan fingerprint density at radius 2 is 1.75 bits per heavy atom. The maximum atomic E-state index is 11.8. The zero-order valence-electron chi connectivity index (χ0n) is 12.9. The minimum atomic E-state index is 0.0527. The summed E-state index contributed by atoms with van der Waals surface area (Å²) < 4.78 is 0. The molecule has 0 saturated heterocycles. The molecule has 3 nitrogen and oxygen atoms in total. The number of carbonyl (C=O) groups excluding carboxylic acids is 1. The summed E-state index contributed by atoms with van der Waals surface area (Å²) >= 11 is 0. The van der Waals surface area contributed by atoms with Crippen molar-refractivity contribution in [3.05, 3.63) is 29.8 Å². The molecular weight excluding hydrogens is 248 g/mol. The highest BCUT2D eigenvalue weighted by molar-refractivity contribution is 5.94. The van der Waals surface area contributed by atoms with Gasteiger partial charge in [0.2, 0.25) is 0 Å². The Bertz CT molecular complexity index is 433. The fraction of sp³-hybridized carbons (Fsp3) is 0.588. The van der Waals surface area contributed by atoms with Crippen LogP contribution in [0.15, 0.2) is 24.3 Å². The van der Waals surface area contributed by atoms with Crippen molar-refractivity contribution in [3.8, 4) is 0 Å². The number of carbonyl (C=O) groups is 1. The minimum absolute atomic E-state index is 0.0527. The van der Waals surface area contributed by atoms with Gasteiger partial charge in [-0.15, -0.1) is 0 Å². The van der Waals surface area contributed by atoms with E-state index < -0.39 is 0 Å². The molecule has 1 aliphatic carbocycles. The van der Waals surface area contributed by atoms with E-state index in [2.05, 4.69) is 12.2 Å². The molecule has 20 heavy (non-hydrogen) atoms. The summed E-state index contributed by atoms with van der Waals surface area (Å²) in [6.07, 6.45) is 6.81. The molecule has 0 bridgehead atoms. The molecule has 1 N–H and O–H groups in total.